The maximum absolute atomic E-state index is 12.3. The van der Waals surface area contributed by atoms with E-state index in [9.17, 15) is 49.2 Å². The highest BCUT2D eigenvalue weighted by Gasteiger charge is 2.49. The number of anilines is 1. The molecule has 220 valence electrons. The molecule has 0 aliphatic carbocycles. The molecule has 2 saturated heterocycles. The second-order valence-electron chi connectivity index (χ2n) is 8.49. The van der Waals surface area contributed by atoms with Crippen LogP contribution in [0.4, 0.5) is 5.95 Å². The van der Waals surface area contributed by atoms with Crippen molar-refractivity contribution in [3.63, 3.8) is 0 Å². The molecule has 2 fully saturated rings. The fourth-order valence-electron chi connectivity index (χ4n) is 3.90. The van der Waals surface area contributed by atoms with Crippen molar-refractivity contribution >= 4 is 32.8 Å². The lowest BCUT2D eigenvalue weighted by molar-refractivity contribution is -0.273. The fraction of sp³-hybridized carbons (Fsp3) is 0.688. The first-order chi connectivity index (χ1) is 18.1. The molecule has 0 spiro atoms. The summed E-state index contributed by atoms with van der Waals surface area (Å²) < 4.78 is 49.4. The first-order valence-corrected chi connectivity index (χ1v) is 14.0. The molecular formula is C16H26N6O15P2. The van der Waals surface area contributed by atoms with Crippen molar-refractivity contribution in [3.05, 3.63) is 16.7 Å². The normalized spacial score (nSPS) is 36.6. The van der Waals surface area contributed by atoms with Crippen LogP contribution in [0, 0.1) is 0 Å². The van der Waals surface area contributed by atoms with E-state index in [0.717, 1.165) is 10.9 Å². The molecule has 0 aromatic carbocycles. The molecule has 2 aromatic rings. The zero-order valence-electron chi connectivity index (χ0n) is 19.5. The number of hydrogen-bond acceptors (Lipinski definition) is 17. The lowest BCUT2D eigenvalue weighted by atomic mass is 9.99. The third kappa shape index (κ3) is 6.22. The fourth-order valence-corrected chi connectivity index (χ4v) is 6.05. The molecule has 12 N–H and O–H groups in total. The van der Waals surface area contributed by atoms with Gasteiger partial charge in [0.2, 0.25) is 5.95 Å². The number of nitrogens with one attached hydrogen (secondary N) is 1. The standard InChI is InChI=1S/C16H26N6O15P2/c17-1-4-7(23)9(25)11(27)15(35-4)36-39(31,32)37-38(29,30)33-2-5-8(24)10(26)14(34-5)22-3-19-6-12(22)20-16(18)21-13(6)28/h3-5,7-11,14-15,23-27H,1-2,17H2,(H,29,30)(H,31,32)(H3,18,20,21,28)/t4?,5-,7-,8?,9?,10?,11?,14-,15-/m1/s1. The van der Waals surface area contributed by atoms with Gasteiger partial charge in [-0.25, -0.2) is 14.1 Å². The minimum atomic E-state index is -5.55. The van der Waals surface area contributed by atoms with Crippen LogP contribution in [-0.2, 0) is 32.0 Å². The van der Waals surface area contributed by atoms with Crippen LogP contribution in [0.25, 0.3) is 11.2 Å². The van der Waals surface area contributed by atoms with E-state index in [1.807, 2.05) is 0 Å². The van der Waals surface area contributed by atoms with Crippen LogP contribution in [0.1, 0.15) is 6.23 Å². The highest BCUT2D eigenvalue weighted by Crippen LogP contribution is 2.61. The van der Waals surface area contributed by atoms with E-state index in [2.05, 4.69) is 28.3 Å². The summed E-state index contributed by atoms with van der Waals surface area (Å²) >= 11 is 0. The van der Waals surface area contributed by atoms with Gasteiger partial charge in [-0.1, -0.05) is 0 Å². The van der Waals surface area contributed by atoms with Gasteiger partial charge >= 0.3 is 15.6 Å². The number of fused-ring (bicyclic) bond motifs is 1. The molecule has 0 amide bonds. The molecule has 2 aromatic heterocycles. The lowest BCUT2D eigenvalue weighted by Crippen LogP contribution is -2.59. The minimum absolute atomic E-state index is 0.106. The number of ether oxygens (including phenoxy) is 2. The van der Waals surface area contributed by atoms with Crippen LogP contribution < -0.4 is 17.0 Å². The smallest absolute Gasteiger partial charge is 0.388 e. The summed E-state index contributed by atoms with van der Waals surface area (Å²) in [5.41, 5.74) is 9.92. The Balaban J connectivity index is 1.39. The average Bonchev–Trinajstić information content (AvgIpc) is 3.38. The van der Waals surface area contributed by atoms with E-state index in [-0.39, 0.29) is 17.1 Å². The number of aliphatic hydroxyl groups excluding tert-OH is 5. The average molecular weight is 604 g/mol. The SMILES string of the molecule is NCC1O[C@H](OP(=O)(O)OP(=O)(O)OC[C@H]2O[C@@H](n3cnc4c(=O)[nH]c(N)nc43)C(O)C2O)C(O)C(O)[C@@H]1O. The van der Waals surface area contributed by atoms with E-state index >= 15 is 0 Å². The third-order valence-electron chi connectivity index (χ3n) is 5.81. The second kappa shape index (κ2) is 11.2. The number of nitrogen functional groups attached to an aromatic ring is 1. The summed E-state index contributed by atoms with van der Waals surface area (Å²) in [6, 6.07) is 0. The molecule has 2 aliphatic rings. The zero-order valence-corrected chi connectivity index (χ0v) is 21.3. The van der Waals surface area contributed by atoms with E-state index in [0.29, 0.717) is 0 Å². The first-order valence-electron chi connectivity index (χ1n) is 11.0. The summed E-state index contributed by atoms with van der Waals surface area (Å²) in [6.45, 7) is -1.37. The molecule has 11 atom stereocenters. The molecule has 39 heavy (non-hydrogen) atoms. The Morgan fingerprint density at radius 2 is 1.67 bits per heavy atom. The highest BCUT2D eigenvalue weighted by atomic mass is 31.3. The summed E-state index contributed by atoms with van der Waals surface area (Å²) in [6.07, 6.45) is -14.4. The van der Waals surface area contributed by atoms with Crippen molar-refractivity contribution in [3.8, 4) is 0 Å². The van der Waals surface area contributed by atoms with Gasteiger partial charge in [-0.3, -0.25) is 23.4 Å². The van der Waals surface area contributed by atoms with E-state index in [4.69, 9.17) is 20.9 Å². The minimum Gasteiger partial charge on any atom is -0.388 e. The number of H-pyrrole nitrogens is 1. The Labute approximate surface area is 216 Å². The zero-order chi connectivity index (χ0) is 28.9. The topological polar surface area (TPSA) is 338 Å². The Hall–Kier alpha value is -1.91. The number of phosphoric ester groups is 2. The van der Waals surface area contributed by atoms with Gasteiger partial charge in [0.05, 0.1) is 12.9 Å². The van der Waals surface area contributed by atoms with E-state index < -0.39 is 89.6 Å². The highest BCUT2D eigenvalue weighted by molar-refractivity contribution is 7.61. The van der Waals surface area contributed by atoms with Crippen molar-refractivity contribution < 1.29 is 67.3 Å². The van der Waals surface area contributed by atoms with E-state index in [1.54, 1.807) is 0 Å². The summed E-state index contributed by atoms with van der Waals surface area (Å²) in [7, 11) is -11.0. The van der Waals surface area contributed by atoms with Crippen LogP contribution in [0.3, 0.4) is 0 Å². The Bertz CT molecular complexity index is 1340. The van der Waals surface area contributed by atoms with Gasteiger partial charge in [-0.2, -0.15) is 9.29 Å². The number of aromatic nitrogens is 4. The van der Waals surface area contributed by atoms with Gasteiger partial charge in [0.15, 0.2) is 23.7 Å². The number of aromatic amines is 1. The molecule has 4 heterocycles. The van der Waals surface area contributed by atoms with Crippen LogP contribution in [0.15, 0.2) is 11.1 Å². The van der Waals surface area contributed by atoms with Crippen LogP contribution in [0.2, 0.25) is 0 Å². The number of hydrogen-bond donors (Lipinski definition) is 10. The van der Waals surface area contributed by atoms with Crippen molar-refractivity contribution in [2.75, 3.05) is 18.9 Å². The van der Waals surface area contributed by atoms with Gasteiger partial charge in [0.1, 0.15) is 42.7 Å². The molecule has 0 radical (unpaired) electrons. The number of rotatable bonds is 9. The number of nitrogens with two attached hydrogens (primary N) is 2. The Morgan fingerprint density at radius 1 is 1.00 bits per heavy atom. The predicted octanol–water partition coefficient (Wildman–Crippen LogP) is -4.66. The van der Waals surface area contributed by atoms with Gasteiger partial charge in [-0.15, -0.1) is 0 Å². The number of aliphatic hydroxyl groups is 5. The Kier molecular flexibility index (Phi) is 8.60. The van der Waals surface area contributed by atoms with Crippen molar-refractivity contribution in [2.24, 2.45) is 5.73 Å². The Morgan fingerprint density at radius 3 is 2.33 bits per heavy atom. The maximum atomic E-state index is 12.3. The summed E-state index contributed by atoms with van der Waals surface area (Å²) in [5, 5.41) is 50.3. The lowest BCUT2D eigenvalue weighted by Gasteiger charge is -2.39. The molecule has 21 nitrogen and oxygen atoms in total. The van der Waals surface area contributed by atoms with Crippen LogP contribution >= 0.6 is 15.6 Å². The van der Waals surface area contributed by atoms with Crippen molar-refractivity contribution in [2.45, 2.75) is 55.2 Å². The molecule has 23 heteroatoms. The largest absolute Gasteiger partial charge is 0.483 e. The second-order valence-corrected chi connectivity index (χ2v) is 11.5. The maximum Gasteiger partial charge on any atom is 0.483 e. The van der Waals surface area contributed by atoms with Gasteiger partial charge < -0.3 is 56.3 Å². The number of imidazole rings is 1. The van der Waals surface area contributed by atoms with Crippen molar-refractivity contribution in [1.29, 1.82) is 0 Å². The quantitative estimate of drug-likeness (QED) is 0.120. The van der Waals surface area contributed by atoms with Crippen molar-refractivity contribution in [1.82, 2.24) is 19.5 Å². The van der Waals surface area contributed by atoms with E-state index in [1.165, 1.54) is 0 Å². The summed E-state index contributed by atoms with van der Waals surface area (Å²) in [4.78, 5) is 41.7. The third-order valence-corrected chi connectivity index (χ3v) is 8.41. The number of phosphoric acid groups is 2. The van der Waals surface area contributed by atoms with Crippen LogP contribution in [0.5, 0.6) is 0 Å². The molecule has 0 bridgehead atoms. The van der Waals surface area contributed by atoms with Crippen LogP contribution in [-0.4, -0.2) is 117 Å². The molecule has 7 unspecified atom stereocenters. The molecule has 0 saturated carbocycles. The monoisotopic (exact) mass is 604 g/mol. The van der Waals surface area contributed by atoms with Gasteiger partial charge in [0, 0.05) is 6.54 Å². The van der Waals surface area contributed by atoms with Gasteiger partial charge in [0.25, 0.3) is 5.56 Å². The molecule has 4 rings (SSSR count). The number of nitrogens with zero attached hydrogens (tertiary/aromatic N) is 3. The first kappa shape index (κ1) is 30.1. The molecule has 2 aliphatic heterocycles. The summed E-state index contributed by atoms with van der Waals surface area (Å²) in [5.74, 6) is -0.272. The molecular weight excluding hydrogens is 578 g/mol. The van der Waals surface area contributed by atoms with Gasteiger partial charge in [-0.05, 0) is 0 Å². The predicted molar refractivity (Wildman–Crippen MR) is 122 cm³/mol.